The third kappa shape index (κ3) is 4.67. The van der Waals surface area contributed by atoms with E-state index >= 15 is 0 Å². The highest BCUT2D eigenvalue weighted by Gasteiger charge is 2.25. The molecule has 0 spiro atoms. The molecule has 0 radical (unpaired) electrons. The van der Waals surface area contributed by atoms with Crippen LogP contribution in [-0.2, 0) is 6.42 Å². The number of hydrogen-bond donors (Lipinski definition) is 1. The third-order valence-corrected chi connectivity index (χ3v) is 7.33. The average molecular weight is 452 g/mol. The van der Waals surface area contributed by atoms with Crippen molar-refractivity contribution in [1.82, 2.24) is 4.98 Å². The summed E-state index contributed by atoms with van der Waals surface area (Å²) in [6.45, 7) is 0. The quantitative estimate of drug-likeness (QED) is 0.328. The fraction of sp³-hybridized carbons (Fsp3) is 0.172. The zero-order valence-electron chi connectivity index (χ0n) is 18.3. The molecule has 1 heterocycles. The number of nitrogens with zero attached hydrogens (tertiary/aromatic N) is 1. The molecule has 1 aromatic heterocycles. The molecule has 0 aliphatic heterocycles. The van der Waals surface area contributed by atoms with Gasteiger partial charge in [0.05, 0.1) is 16.1 Å². The van der Waals surface area contributed by atoms with Crippen LogP contribution in [0.3, 0.4) is 0 Å². The van der Waals surface area contributed by atoms with Crippen LogP contribution in [0.2, 0.25) is 0 Å². The van der Waals surface area contributed by atoms with Gasteiger partial charge in [-0.05, 0) is 60.4 Å². The molecular weight excluding hydrogens is 426 g/mol. The number of benzene rings is 3. The minimum Gasteiger partial charge on any atom is -0.478 e. The van der Waals surface area contributed by atoms with Gasteiger partial charge >= 0.3 is 5.97 Å². The second-order valence-electron chi connectivity index (χ2n) is 8.43. The predicted molar refractivity (Wildman–Crippen MR) is 135 cm³/mol. The van der Waals surface area contributed by atoms with Crippen LogP contribution in [0.5, 0.6) is 0 Å². The number of thiazole rings is 1. The fourth-order valence-corrected chi connectivity index (χ4v) is 5.77. The minimum atomic E-state index is -0.879. The van der Waals surface area contributed by atoms with E-state index < -0.39 is 5.97 Å². The van der Waals surface area contributed by atoms with E-state index in [4.69, 9.17) is 4.98 Å². The van der Waals surface area contributed by atoms with E-state index in [0.717, 1.165) is 47.5 Å². The van der Waals surface area contributed by atoms with Crippen molar-refractivity contribution in [3.63, 3.8) is 0 Å². The van der Waals surface area contributed by atoms with Crippen molar-refractivity contribution in [2.75, 3.05) is 0 Å². The molecule has 0 fully saturated rings. The van der Waals surface area contributed by atoms with Gasteiger partial charge in [-0.2, -0.15) is 0 Å². The Morgan fingerprint density at radius 2 is 1.67 bits per heavy atom. The molecule has 0 bridgehead atoms. The number of aromatic carboxylic acids is 1. The molecule has 4 heteroatoms. The Labute approximate surface area is 198 Å². The molecule has 0 saturated heterocycles. The van der Waals surface area contributed by atoms with Gasteiger partial charge in [0, 0.05) is 5.56 Å². The first kappa shape index (κ1) is 21.4. The fourth-order valence-electron chi connectivity index (χ4n) is 4.55. The lowest BCUT2D eigenvalue weighted by Gasteiger charge is -2.23. The maximum absolute atomic E-state index is 11.4. The zero-order chi connectivity index (χ0) is 22.6. The first-order valence-corrected chi connectivity index (χ1v) is 12.1. The van der Waals surface area contributed by atoms with E-state index in [1.54, 1.807) is 23.5 Å². The van der Waals surface area contributed by atoms with Crippen molar-refractivity contribution in [1.29, 1.82) is 0 Å². The summed E-state index contributed by atoms with van der Waals surface area (Å²) in [4.78, 5) is 17.8. The highest BCUT2D eigenvalue weighted by Crippen LogP contribution is 2.43. The van der Waals surface area contributed by atoms with Gasteiger partial charge in [-0.25, -0.2) is 9.78 Å². The Kier molecular flexibility index (Phi) is 6.18. The maximum Gasteiger partial charge on any atom is 0.335 e. The summed E-state index contributed by atoms with van der Waals surface area (Å²) in [6.07, 6.45) is 6.46. The standard InChI is InChI=1S/C29H25NO2S/c31-29(32)24-16-9-10-20(19-24)18-23-15-7-8-17-25(23)28-30-26(21-11-3-1-4-12-21)27(33-28)22-13-5-2-6-14-22/h1-6,9-14,16-17,19,23H,7-8,15,18H2,(H,31,32). The molecular formula is C29H25NO2S. The normalized spacial score (nSPS) is 15.8. The van der Waals surface area contributed by atoms with Gasteiger partial charge in [0.2, 0.25) is 0 Å². The highest BCUT2D eigenvalue weighted by molar-refractivity contribution is 7.16. The molecule has 1 aliphatic rings. The largest absolute Gasteiger partial charge is 0.478 e. The number of carboxylic acids is 1. The van der Waals surface area contributed by atoms with E-state index in [1.807, 2.05) is 24.3 Å². The lowest BCUT2D eigenvalue weighted by atomic mass is 9.83. The molecule has 4 aromatic rings. The molecule has 1 unspecified atom stereocenters. The van der Waals surface area contributed by atoms with E-state index in [-0.39, 0.29) is 0 Å². The smallest absolute Gasteiger partial charge is 0.335 e. The minimum absolute atomic E-state index is 0.334. The number of aromatic nitrogens is 1. The van der Waals surface area contributed by atoms with Crippen LogP contribution in [0.15, 0.2) is 91.0 Å². The monoisotopic (exact) mass is 451 g/mol. The van der Waals surface area contributed by atoms with E-state index in [0.29, 0.717) is 11.5 Å². The number of hydrogen-bond acceptors (Lipinski definition) is 3. The molecule has 3 nitrogen and oxygen atoms in total. The van der Waals surface area contributed by atoms with Gasteiger partial charge in [-0.15, -0.1) is 11.3 Å². The molecule has 0 amide bonds. The lowest BCUT2D eigenvalue weighted by molar-refractivity contribution is 0.0696. The molecule has 33 heavy (non-hydrogen) atoms. The van der Waals surface area contributed by atoms with E-state index in [9.17, 15) is 9.90 Å². The van der Waals surface area contributed by atoms with Crippen LogP contribution in [0.4, 0.5) is 0 Å². The summed E-state index contributed by atoms with van der Waals surface area (Å²) in [5, 5.41) is 10.5. The Morgan fingerprint density at radius 3 is 2.39 bits per heavy atom. The van der Waals surface area contributed by atoms with E-state index in [2.05, 4.69) is 54.6 Å². The Hall–Kier alpha value is -3.50. The van der Waals surface area contributed by atoms with E-state index in [1.165, 1.54) is 16.0 Å². The average Bonchev–Trinajstić information content (AvgIpc) is 3.31. The van der Waals surface area contributed by atoms with Gasteiger partial charge in [0.15, 0.2) is 0 Å². The van der Waals surface area contributed by atoms with Crippen LogP contribution in [0.1, 0.15) is 40.2 Å². The third-order valence-electron chi connectivity index (χ3n) is 6.17. The molecule has 5 rings (SSSR count). The van der Waals surface area contributed by atoms with Crippen molar-refractivity contribution in [3.05, 3.63) is 107 Å². The van der Waals surface area contributed by atoms with Crippen LogP contribution in [0.25, 0.3) is 27.3 Å². The van der Waals surface area contributed by atoms with Gasteiger partial charge in [-0.3, -0.25) is 0 Å². The summed E-state index contributed by atoms with van der Waals surface area (Å²) in [7, 11) is 0. The first-order valence-electron chi connectivity index (χ1n) is 11.3. The summed E-state index contributed by atoms with van der Waals surface area (Å²) in [5.74, 6) is -0.544. The van der Waals surface area contributed by atoms with Crippen LogP contribution in [-0.4, -0.2) is 16.1 Å². The van der Waals surface area contributed by atoms with Gasteiger partial charge in [0.25, 0.3) is 0 Å². The lowest BCUT2D eigenvalue weighted by Crippen LogP contribution is -2.11. The van der Waals surface area contributed by atoms with Crippen LogP contribution < -0.4 is 0 Å². The van der Waals surface area contributed by atoms with Gasteiger partial charge < -0.3 is 5.11 Å². The first-order chi connectivity index (χ1) is 16.2. The Morgan fingerprint density at radius 1 is 0.939 bits per heavy atom. The topological polar surface area (TPSA) is 50.2 Å². The molecule has 1 atom stereocenters. The zero-order valence-corrected chi connectivity index (χ0v) is 19.1. The maximum atomic E-state index is 11.4. The second kappa shape index (κ2) is 9.55. The predicted octanol–water partition coefficient (Wildman–Crippen LogP) is 7.60. The highest BCUT2D eigenvalue weighted by atomic mass is 32.1. The molecule has 164 valence electrons. The summed E-state index contributed by atoms with van der Waals surface area (Å²) >= 11 is 1.76. The Balaban J connectivity index is 1.53. The molecule has 3 aromatic carbocycles. The summed E-state index contributed by atoms with van der Waals surface area (Å²) in [6, 6.07) is 28.2. The van der Waals surface area contributed by atoms with Crippen molar-refractivity contribution < 1.29 is 9.90 Å². The number of allylic oxidation sites excluding steroid dienone is 2. The number of carboxylic acid groups (broad SMARTS) is 1. The van der Waals surface area contributed by atoms with Gasteiger partial charge in [-0.1, -0.05) is 78.9 Å². The van der Waals surface area contributed by atoms with Crippen molar-refractivity contribution in [2.24, 2.45) is 5.92 Å². The molecule has 1 aliphatic carbocycles. The summed E-state index contributed by atoms with van der Waals surface area (Å²) < 4.78 is 0. The molecule has 0 saturated carbocycles. The second-order valence-corrected chi connectivity index (χ2v) is 9.42. The number of rotatable bonds is 6. The van der Waals surface area contributed by atoms with Crippen molar-refractivity contribution >= 4 is 22.9 Å². The summed E-state index contributed by atoms with van der Waals surface area (Å²) in [5.41, 5.74) is 6.05. The number of carbonyl (C=O) groups is 1. The molecule has 1 N–H and O–H groups in total. The van der Waals surface area contributed by atoms with Crippen LogP contribution in [0, 0.1) is 5.92 Å². The van der Waals surface area contributed by atoms with Crippen LogP contribution >= 0.6 is 11.3 Å². The SMILES string of the molecule is O=C(O)c1cccc(CC2CCCC=C2c2nc(-c3ccccc3)c(-c3ccccc3)s2)c1. The van der Waals surface area contributed by atoms with Gasteiger partial charge in [0.1, 0.15) is 5.01 Å². The van der Waals surface area contributed by atoms with Crippen molar-refractivity contribution in [3.8, 4) is 21.7 Å². The van der Waals surface area contributed by atoms with Crippen molar-refractivity contribution in [2.45, 2.75) is 25.7 Å². The Bertz CT molecular complexity index is 1230.